The number of nitrogens with zero attached hydrogens (tertiary/aromatic N) is 5. The highest BCUT2D eigenvalue weighted by molar-refractivity contribution is 6.31. The second-order valence-electron chi connectivity index (χ2n) is 7.47. The third-order valence-electron chi connectivity index (χ3n) is 5.59. The van der Waals surface area contributed by atoms with Gasteiger partial charge in [0.1, 0.15) is 11.3 Å². The monoisotopic (exact) mass is 396 g/mol. The number of ether oxygens (including phenoxy) is 1. The Labute approximate surface area is 167 Å². The fourth-order valence-corrected chi connectivity index (χ4v) is 4.38. The van der Waals surface area contributed by atoms with Gasteiger partial charge in [0.25, 0.3) is 0 Å². The predicted molar refractivity (Wildman–Crippen MR) is 108 cm³/mol. The first-order valence-corrected chi connectivity index (χ1v) is 9.93. The molecule has 1 aromatic carbocycles. The zero-order valence-corrected chi connectivity index (χ0v) is 16.5. The van der Waals surface area contributed by atoms with E-state index in [0.717, 1.165) is 52.9 Å². The van der Waals surface area contributed by atoms with Gasteiger partial charge >= 0.3 is 0 Å². The van der Waals surface area contributed by atoms with Gasteiger partial charge in [-0.1, -0.05) is 16.8 Å². The lowest BCUT2D eigenvalue weighted by Crippen LogP contribution is -2.27. The fraction of sp³-hybridized carbons (Fsp3) is 0.400. The molecule has 3 aromatic heterocycles. The van der Waals surface area contributed by atoms with E-state index in [1.54, 1.807) is 0 Å². The van der Waals surface area contributed by atoms with Crippen LogP contribution in [0.25, 0.3) is 21.9 Å². The Hall–Kier alpha value is -2.51. The number of H-pyrrole nitrogens is 1. The highest BCUT2D eigenvalue weighted by atomic mass is 35.5. The summed E-state index contributed by atoms with van der Waals surface area (Å²) < 4.78 is 8.17. The first-order chi connectivity index (χ1) is 13.6. The first-order valence-electron chi connectivity index (χ1n) is 9.56. The smallest absolute Gasteiger partial charge is 0.119 e. The lowest BCUT2D eigenvalue weighted by molar-refractivity contribution is 0.00617. The number of pyridine rings is 1. The highest BCUT2D eigenvalue weighted by Crippen LogP contribution is 2.37. The van der Waals surface area contributed by atoms with Gasteiger partial charge in [0.15, 0.2) is 0 Å². The molecule has 8 heteroatoms. The Morgan fingerprint density at radius 3 is 3.00 bits per heavy atom. The van der Waals surface area contributed by atoms with Crippen LogP contribution in [-0.2, 0) is 4.74 Å². The Morgan fingerprint density at radius 1 is 1.32 bits per heavy atom. The van der Waals surface area contributed by atoms with Crippen molar-refractivity contribution < 1.29 is 4.74 Å². The summed E-state index contributed by atoms with van der Waals surface area (Å²) in [6, 6.07) is 6.11. The number of imidazole rings is 1. The van der Waals surface area contributed by atoms with E-state index in [0.29, 0.717) is 11.1 Å². The summed E-state index contributed by atoms with van der Waals surface area (Å²) in [5.41, 5.74) is 3.74. The zero-order chi connectivity index (χ0) is 19.3. The van der Waals surface area contributed by atoms with Crippen molar-refractivity contribution in [1.29, 1.82) is 0 Å². The molecule has 0 aliphatic carbocycles. The van der Waals surface area contributed by atoms with E-state index < -0.39 is 0 Å². The fourth-order valence-electron chi connectivity index (χ4n) is 4.21. The van der Waals surface area contributed by atoms with E-state index in [-0.39, 0.29) is 12.0 Å². The Bertz CT molecular complexity index is 1140. The number of fused-ring (bicyclic) bond motifs is 3. The van der Waals surface area contributed by atoms with Crippen LogP contribution in [0.1, 0.15) is 50.2 Å². The summed E-state index contributed by atoms with van der Waals surface area (Å²) in [6.07, 6.45) is 5.77. The maximum absolute atomic E-state index is 6.33. The maximum atomic E-state index is 6.33. The molecule has 5 rings (SSSR count). The second-order valence-corrected chi connectivity index (χ2v) is 7.91. The predicted octanol–water partition coefficient (Wildman–Crippen LogP) is 4.25. The van der Waals surface area contributed by atoms with Crippen LogP contribution in [0.15, 0.2) is 30.6 Å². The molecule has 0 radical (unpaired) electrons. The first kappa shape index (κ1) is 17.6. The van der Waals surface area contributed by atoms with Crippen molar-refractivity contribution in [3.63, 3.8) is 0 Å². The molecule has 1 saturated heterocycles. The third-order valence-corrected chi connectivity index (χ3v) is 5.83. The van der Waals surface area contributed by atoms with E-state index >= 15 is 0 Å². The van der Waals surface area contributed by atoms with Crippen molar-refractivity contribution >= 4 is 33.5 Å². The Kier molecular flexibility index (Phi) is 4.29. The van der Waals surface area contributed by atoms with Gasteiger partial charge in [0.2, 0.25) is 0 Å². The van der Waals surface area contributed by atoms with E-state index in [9.17, 15) is 0 Å². The minimum Gasteiger partial charge on any atom is -0.378 e. The molecule has 144 valence electrons. The summed E-state index contributed by atoms with van der Waals surface area (Å²) in [5, 5.41) is 12.6. The molecule has 0 saturated carbocycles. The Morgan fingerprint density at radius 2 is 2.21 bits per heavy atom. The van der Waals surface area contributed by atoms with Crippen LogP contribution in [0, 0.1) is 0 Å². The van der Waals surface area contributed by atoms with E-state index in [1.165, 1.54) is 0 Å². The van der Waals surface area contributed by atoms with Crippen molar-refractivity contribution in [3.8, 4) is 0 Å². The molecule has 1 aliphatic heterocycles. The molecule has 0 spiro atoms. The minimum atomic E-state index is -0.00136. The van der Waals surface area contributed by atoms with Crippen LogP contribution < -0.4 is 0 Å². The molecule has 0 amide bonds. The number of nitrogens with one attached hydrogen (secondary N) is 1. The summed E-state index contributed by atoms with van der Waals surface area (Å²) in [4.78, 5) is 9.58. The molecule has 1 N–H and O–H groups in total. The molecule has 3 atom stereocenters. The van der Waals surface area contributed by atoms with Crippen molar-refractivity contribution in [2.75, 3.05) is 6.61 Å². The Balaban J connectivity index is 1.80. The number of aromatic nitrogens is 6. The molecule has 1 aliphatic rings. The lowest BCUT2D eigenvalue weighted by atomic mass is 10.0. The van der Waals surface area contributed by atoms with E-state index in [1.807, 2.05) is 30.6 Å². The molecule has 0 bridgehead atoms. The molecule has 4 heterocycles. The number of hydrogen-bond donors (Lipinski definition) is 1. The van der Waals surface area contributed by atoms with Crippen LogP contribution in [-0.4, -0.2) is 42.7 Å². The summed E-state index contributed by atoms with van der Waals surface area (Å²) in [5.74, 6) is 0.968. The van der Waals surface area contributed by atoms with Gasteiger partial charge in [-0.3, -0.25) is 10.1 Å². The lowest BCUT2D eigenvalue weighted by Gasteiger charge is -2.30. The largest absolute Gasteiger partial charge is 0.378 e. The van der Waals surface area contributed by atoms with Gasteiger partial charge in [0.05, 0.1) is 34.9 Å². The van der Waals surface area contributed by atoms with E-state index in [4.69, 9.17) is 21.3 Å². The summed E-state index contributed by atoms with van der Waals surface area (Å²) in [7, 11) is 0. The number of hydrogen-bond acceptors (Lipinski definition) is 5. The number of halogens is 1. The normalized spacial score (nSPS) is 21.4. The van der Waals surface area contributed by atoms with Gasteiger partial charge in [0, 0.05) is 29.3 Å². The topological polar surface area (TPSA) is 81.5 Å². The average molecular weight is 397 g/mol. The second kappa shape index (κ2) is 6.83. The van der Waals surface area contributed by atoms with Crippen LogP contribution in [0.4, 0.5) is 0 Å². The van der Waals surface area contributed by atoms with Gasteiger partial charge in [-0.25, -0.2) is 4.98 Å². The van der Waals surface area contributed by atoms with Crippen molar-refractivity contribution in [3.05, 3.63) is 47.1 Å². The molecule has 1 unspecified atom stereocenters. The summed E-state index contributed by atoms with van der Waals surface area (Å²) >= 11 is 6.33. The van der Waals surface area contributed by atoms with Crippen molar-refractivity contribution in [1.82, 2.24) is 29.9 Å². The number of benzene rings is 1. The SMILES string of the molecule is CC(c1c[nH]nn1)c1nc2cnc3ccc(Cl)cc3c2n1[C@@H]1CCO[C@H](C)C1. The quantitative estimate of drug-likeness (QED) is 0.559. The van der Waals surface area contributed by atoms with Crippen molar-refractivity contribution in [2.45, 2.75) is 44.8 Å². The zero-order valence-electron chi connectivity index (χ0n) is 15.8. The summed E-state index contributed by atoms with van der Waals surface area (Å²) in [6.45, 7) is 4.98. The molecule has 4 aromatic rings. The molecular weight excluding hydrogens is 376 g/mol. The minimum absolute atomic E-state index is 0.00136. The molecule has 1 fully saturated rings. The van der Waals surface area contributed by atoms with E-state index in [2.05, 4.69) is 38.8 Å². The standard InChI is InChI=1S/C20H21ClN6O/c1-11-7-14(5-6-28-11)27-19-15-8-13(21)3-4-16(15)22-9-18(19)24-20(27)12(2)17-10-23-26-25-17/h3-4,8-12,14H,5-7H2,1-2H3,(H,23,25,26)/t11-,12?,14-/m1/s1. The van der Waals surface area contributed by atoms with Gasteiger partial charge in [-0.15, -0.1) is 5.10 Å². The molecular formula is C20H21ClN6O. The van der Waals surface area contributed by atoms with Crippen LogP contribution in [0.2, 0.25) is 5.02 Å². The highest BCUT2D eigenvalue weighted by Gasteiger charge is 2.29. The molecule has 28 heavy (non-hydrogen) atoms. The maximum Gasteiger partial charge on any atom is 0.119 e. The number of rotatable bonds is 3. The van der Waals surface area contributed by atoms with Crippen molar-refractivity contribution in [2.24, 2.45) is 0 Å². The van der Waals surface area contributed by atoms with Crippen LogP contribution in [0.5, 0.6) is 0 Å². The average Bonchev–Trinajstić information content (AvgIpc) is 3.35. The molecule has 7 nitrogen and oxygen atoms in total. The number of aromatic amines is 1. The van der Waals surface area contributed by atoms with Gasteiger partial charge in [-0.05, 0) is 44.9 Å². The van der Waals surface area contributed by atoms with Gasteiger partial charge < -0.3 is 9.30 Å². The third kappa shape index (κ3) is 2.86. The van der Waals surface area contributed by atoms with Crippen LogP contribution in [0.3, 0.4) is 0 Å². The van der Waals surface area contributed by atoms with Gasteiger partial charge in [-0.2, -0.15) is 0 Å². The van der Waals surface area contributed by atoms with Crippen LogP contribution >= 0.6 is 11.6 Å².